The molecule has 0 saturated carbocycles. The van der Waals surface area contributed by atoms with Crippen LogP contribution in [0, 0.1) is 6.92 Å². The highest BCUT2D eigenvalue weighted by Crippen LogP contribution is 2.13. The average Bonchev–Trinajstić information content (AvgIpc) is 3.02. The number of ether oxygens (including phenoxy) is 1. The third kappa shape index (κ3) is 4.46. The Morgan fingerprint density at radius 1 is 1.29 bits per heavy atom. The van der Waals surface area contributed by atoms with Crippen LogP contribution in [-0.4, -0.2) is 55.0 Å². The fourth-order valence-corrected chi connectivity index (χ4v) is 2.53. The summed E-state index contributed by atoms with van der Waals surface area (Å²) in [6.07, 6.45) is 2.28. The standard InChI is InChI=1S/C17H26N2O2/c1-14-6-8-16(9-7-14)21-13-12-18(3)15(2)17(20)19-10-4-5-11-19/h6-9,15H,4-5,10-13H2,1-3H3. The van der Waals surface area contributed by atoms with Gasteiger partial charge in [-0.05, 0) is 45.9 Å². The second-order valence-electron chi connectivity index (χ2n) is 5.85. The summed E-state index contributed by atoms with van der Waals surface area (Å²) in [5.74, 6) is 1.12. The fraction of sp³-hybridized carbons (Fsp3) is 0.588. The molecule has 0 spiro atoms. The van der Waals surface area contributed by atoms with Crippen LogP contribution in [0.15, 0.2) is 24.3 Å². The Morgan fingerprint density at radius 3 is 2.52 bits per heavy atom. The van der Waals surface area contributed by atoms with Crippen LogP contribution in [0.5, 0.6) is 5.75 Å². The van der Waals surface area contributed by atoms with Gasteiger partial charge in [-0.1, -0.05) is 17.7 Å². The van der Waals surface area contributed by atoms with Crippen LogP contribution in [0.2, 0.25) is 0 Å². The number of carbonyl (C=O) groups excluding carboxylic acids is 1. The summed E-state index contributed by atoms with van der Waals surface area (Å²) in [7, 11) is 1.98. The zero-order chi connectivity index (χ0) is 15.2. The Bertz CT molecular complexity index is 452. The summed E-state index contributed by atoms with van der Waals surface area (Å²) < 4.78 is 5.72. The summed E-state index contributed by atoms with van der Waals surface area (Å²) in [6, 6.07) is 7.96. The number of carbonyl (C=O) groups is 1. The van der Waals surface area contributed by atoms with Gasteiger partial charge in [0.25, 0.3) is 0 Å². The molecule has 1 amide bonds. The summed E-state index contributed by atoms with van der Waals surface area (Å²) >= 11 is 0. The maximum atomic E-state index is 12.3. The third-order valence-corrected chi connectivity index (χ3v) is 4.17. The highest BCUT2D eigenvalue weighted by atomic mass is 16.5. The second-order valence-corrected chi connectivity index (χ2v) is 5.85. The first-order valence-corrected chi connectivity index (χ1v) is 7.76. The predicted octanol–water partition coefficient (Wildman–Crippen LogP) is 2.32. The zero-order valence-corrected chi connectivity index (χ0v) is 13.3. The topological polar surface area (TPSA) is 32.8 Å². The molecule has 0 N–H and O–H groups in total. The number of hydrogen-bond donors (Lipinski definition) is 0. The summed E-state index contributed by atoms with van der Waals surface area (Å²) in [5, 5.41) is 0. The van der Waals surface area contributed by atoms with E-state index in [1.54, 1.807) is 0 Å². The van der Waals surface area contributed by atoms with Gasteiger partial charge in [0, 0.05) is 19.6 Å². The summed E-state index contributed by atoms with van der Waals surface area (Å²) in [5.41, 5.74) is 1.23. The van der Waals surface area contributed by atoms with Gasteiger partial charge < -0.3 is 9.64 Å². The highest BCUT2D eigenvalue weighted by molar-refractivity contribution is 5.81. The van der Waals surface area contributed by atoms with Crippen molar-refractivity contribution in [1.82, 2.24) is 9.80 Å². The number of hydrogen-bond acceptors (Lipinski definition) is 3. The van der Waals surface area contributed by atoms with Crippen molar-refractivity contribution >= 4 is 5.91 Å². The number of likely N-dealkylation sites (tertiary alicyclic amines) is 1. The minimum atomic E-state index is -0.0790. The number of aryl methyl sites for hydroxylation is 1. The van der Waals surface area contributed by atoms with Crippen LogP contribution in [0.3, 0.4) is 0 Å². The van der Waals surface area contributed by atoms with Crippen molar-refractivity contribution in [3.63, 3.8) is 0 Å². The van der Waals surface area contributed by atoms with Crippen molar-refractivity contribution in [2.24, 2.45) is 0 Å². The third-order valence-electron chi connectivity index (χ3n) is 4.17. The number of rotatable bonds is 6. The van der Waals surface area contributed by atoms with Crippen LogP contribution in [0.25, 0.3) is 0 Å². The van der Waals surface area contributed by atoms with Crippen molar-refractivity contribution in [3.05, 3.63) is 29.8 Å². The lowest BCUT2D eigenvalue weighted by Crippen LogP contribution is -2.45. The SMILES string of the molecule is Cc1ccc(OCCN(C)C(C)C(=O)N2CCCC2)cc1. The molecule has 0 bridgehead atoms. The first-order chi connectivity index (χ1) is 10.1. The van der Waals surface area contributed by atoms with E-state index in [4.69, 9.17) is 4.74 Å². The van der Waals surface area contributed by atoms with Gasteiger partial charge in [0.15, 0.2) is 0 Å². The molecule has 1 atom stereocenters. The number of amides is 1. The Labute approximate surface area is 127 Å². The summed E-state index contributed by atoms with van der Waals surface area (Å²) in [4.78, 5) is 16.3. The number of benzene rings is 1. The number of likely N-dealkylation sites (N-methyl/N-ethyl adjacent to an activating group) is 1. The van der Waals surface area contributed by atoms with E-state index in [-0.39, 0.29) is 11.9 Å². The van der Waals surface area contributed by atoms with E-state index in [0.717, 1.165) is 38.2 Å². The van der Waals surface area contributed by atoms with E-state index >= 15 is 0 Å². The maximum Gasteiger partial charge on any atom is 0.239 e. The average molecular weight is 290 g/mol. The highest BCUT2D eigenvalue weighted by Gasteiger charge is 2.25. The molecule has 0 aromatic heterocycles. The first kappa shape index (κ1) is 15.8. The predicted molar refractivity (Wildman–Crippen MR) is 84.6 cm³/mol. The quantitative estimate of drug-likeness (QED) is 0.806. The molecule has 1 aromatic carbocycles. The molecule has 1 fully saturated rings. The Kier molecular flexibility index (Phi) is 5.62. The molecule has 4 heteroatoms. The number of nitrogens with zero attached hydrogens (tertiary/aromatic N) is 2. The van der Waals surface area contributed by atoms with Gasteiger partial charge in [-0.25, -0.2) is 0 Å². The van der Waals surface area contributed by atoms with E-state index in [9.17, 15) is 4.79 Å². The molecule has 2 rings (SSSR count). The maximum absolute atomic E-state index is 12.3. The van der Waals surface area contributed by atoms with Gasteiger partial charge in [-0.15, -0.1) is 0 Å². The molecule has 116 valence electrons. The largest absolute Gasteiger partial charge is 0.492 e. The molecule has 1 aromatic rings. The Balaban J connectivity index is 1.74. The van der Waals surface area contributed by atoms with E-state index in [1.807, 2.05) is 43.1 Å². The molecular formula is C17H26N2O2. The van der Waals surface area contributed by atoms with Crippen molar-refractivity contribution in [1.29, 1.82) is 0 Å². The Hall–Kier alpha value is -1.55. The molecule has 1 saturated heterocycles. The summed E-state index contributed by atoms with van der Waals surface area (Å²) in [6.45, 7) is 7.20. The van der Waals surface area contributed by atoms with E-state index in [0.29, 0.717) is 6.61 Å². The van der Waals surface area contributed by atoms with E-state index in [2.05, 4.69) is 11.8 Å². The monoisotopic (exact) mass is 290 g/mol. The molecule has 1 aliphatic rings. The molecule has 1 heterocycles. The smallest absolute Gasteiger partial charge is 0.239 e. The Morgan fingerprint density at radius 2 is 1.90 bits per heavy atom. The molecule has 0 radical (unpaired) electrons. The van der Waals surface area contributed by atoms with Crippen molar-refractivity contribution in [2.75, 3.05) is 33.3 Å². The van der Waals surface area contributed by atoms with Gasteiger partial charge in [-0.3, -0.25) is 9.69 Å². The van der Waals surface area contributed by atoms with Crippen LogP contribution < -0.4 is 4.74 Å². The molecule has 4 nitrogen and oxygen atoms in total. The van der Waals surface area contributed by atoms with Crippen LogP contribution >= 0.6 is 0 Å². The van der Waals surface area contributed by atoms with Gasteiger partial charge >= 0.3 is 0 Å². The second kappa shape index (κ2) is 7.46. The van der Waals surface area contributed by atoms with Gasteiger partial charge in [0.1, 0.15) is 12.4 Å². The lowest BCUT2D eigenvalue weighted by Gasteiger charge is -2.27. The van der Waals surface area contributed by atoms with Crippen LogP contribution in [-0.2, 0) is 4.79 Å². The van der Waals surface area contributed by atoms with Gasteiger partial charge in [-0.2, -0.15) is 0 Å². The fourth-order valence-electron chi connectivity index (χ4n) is 2.53. The minimum Gasteiger partial charge on any atom is -0.492 e. The van der Waals surface area contributed by atoms with Crippen molar-refractivity contribution in [2.45, 2.75) is 32.7 Å². The lowest BCUT2D eigenvalue weighted by molar-refractivity contribution is -0.134. The molecule has 1 unspecified atom stereocenters. The van der Waals surface area contributed by atoms with Crippen molar-refractivity contribution in [3.8, 4) is 5.75 Å². The minimum absolute atomic E-state index is 0.0790. The normalized spacial score (nSPS) is 16.3. The van der Waals surface area contributed by atoms with E-state index < -0.39 is 0 Å². The van der Waals surface area contributed by atoms with Gasteiger partial charge in [0.2, 0.25) is 5.91 Å². The molecule has 1 aliphatic heterocycles. The molecular weight excluding hydrogens is 264 g/mol. The molecule has 0 aliphatic carbocycles. The zero-order valence-electron chi connectivity index (χ0n) is 13.3. The van der Waals surface area contributed by atoms with Crippen LogP contribution in [0.1, 0.15) is 25.3 Å². The van der Waals surface area contributed by atoms with Crippen LogP contribution in [0.4, 0.5) is 0 Å². The molecule has 21 heavy (non-hydrogen) atoms. The van der Waals surface area contributed by atoms with E-state index in [1.165, 1.54) is 5.56 Å². The first-order valence-electron chi connectivity index (χ1n) is 7.76. The van der Waals surface area contributed by atoms with Crippen molar-refractivity contribution < 1.29 is 9.53 Å². The lowest BCUT2D eigenvalue weighted by atomic mass is 10.2. The van der Waals surface area contributed by atoms with Gasteiger partial charge in [0.05, 0.1) is 6.04 Å².